The van der Waals surface area contributed by atoms with E-state index in [-0.39, 0.29) is 6.10 Å². The molecule has 0 spiro atoms. The average molecular weight is 1550 g/mol. The second kappa shape index (κ2) is 66.7. The molecule has 108 heavy (non-hydrogen) atoms. The van der Waals surface area contributed by atoms with Gasteiger partial charge in [-0.25, -0.2) is 0 Å². The lowest BCUT2D eigenvalue weighted by atomic mass is 9.75. The molecule has 10 unspecified atom stereocenters. The van der Waals surface area contributed by atoms with Crippen LogP contribution in [0.1, 0.15) is 465 Å². The molecular weight excluding hydrogens is 1320 g/mol. The minimum atomic E-state index is -0.520. The van der Waals surface area contributed by atoms with Gasteiger partial charge in [-0.15, -0.1) is 0 Å². The van der Waals surface area contributed by atoms with E-state index >= 15 is 0 Å². The molecule has 6 N–H and O–H groups in total. The van der Waals surface area contributed by atoms with Gasteiger partial charge in [0.2, 0.25) is 0 Å². The van der Waals surface area contributed by atoms with Crippen LogP contribution in [0, 0.1) is 165 Å². The van der Waals surface area contributed by atoms with Crippen LogP contribution in [-0.4, -0.2) is 64.7 Å². The number of rotatable bonds is 34. The third-order valence-electron chi connectivity index (χ3n) is 24.2. The fourth-order valence-corrected chi connectivity index (χ4v) is 12.3. The Hall–Kier alpha value is -0.240. The Kier molecular flexibility index (Phi) is 81.1. The molecule has 6 nitrogen and oxygen atoms in total. The van der Waals surface area contributed by atoms with E-state index in [1.165, 1.54) is 32.1 Å². The molecule has 0 aromatic heterocycles. The van der Waals surface area contributed by atoms with E-state index in [0.29, 0.717) is 87.8 Å². The summed E-state index contributed by atoms with van der Waals surface area (Å²) >= 11 is 0. The Morgan fingerprint density at radius 3 is 0.472 bits per heavy atom. The van der Waals surface area contributed by atoms with Crippen LogP contribution in [0.5, 0.6) is 0 Å². The highest BCUT2D eigenvalue weighted by atomic mass is 16.3. The van der Waals surface area contributed by atoms with Crippen LogP contribution in [0.15, 0.2) is 0 Å². The lowest BCUT2D eigenvalue weighted by Gasteiger charge is -2.36. The molecule has 670 valence electrons. The molecule has 10 atom stereocenters. The van der Waals surface area contributed by atoms with Gasteiger partial charge in [0.05, 0.1) is 34.1 Å². The first kappa shape index (κ1) is 131. The molecule has 0 saturated heterocycles. The maximum Gasteiger partial charge on any atom is 0.0670 e. The Morgan fingerprint density at radius 1 is 0.213 bits per heavy atom. The zero-order valence-corrected chi connectivity index (χ0v) is 86.5. The summed E-state index contributed by atoms with van der Waals surface area (Å²) in [6.45, 7) is 125. The van der Waals surface area contributed by atoms with Gasteiger partial charge in [-0.1, -0.05) is 367 Å². The number of hydrogen-bond donors (Lipinski definition) is 6. The van der Waals surface area contributed by atoms with Gasteiger partial charge < -0.3 is 30.6 Å². The smallest absolute Gasteiger partial charge is 0.0670 e. The lowest BCUT2D eigenvalue weighted by molar-refractivity contribution is -0.0512. The molecule has 0 aliphatic rings. The third-order valence-corrected chi connectivity index (χ3v) is 24.2. The second-order valence-electron chi connectivity index (χ2n) is 45.4. The number of aliphatic hydroxyl groups excluding tert-OH is 1. The Morgan fingerprint density at radius 2 is 0.417 bits per heavy atom. The first-order valence-corrected chi connectivity index (χ1v) is 46.0. The molecule has 6 heteroatoms. The van der Waals surface area contributed by atoms with E-state index < -0.39 is 28.0 Å². The van der Waals surface area contributed by atoms with Crippen molar-refractivity contribution < 1.29 is 30.6 Å². The highest BCUT2D eigenvalue weighted by molar-refractivity contribution is 4.85. The fraction of sp³-hybridized carbons (Fsp3) is 1.00. The zero-order valence-electron chi connectivity index (χ0n) is 86.5. The zero-order chi connectivity index (χ0) is 89.9. The maximum absolute atomic E-state index is 10.1. The predicted octanol–water partition coefficient (Wildman–Crippen LogP) is 32.3. The van der Waals surface area contributed by atoms with Gasteiger partial charge in [-0.05, 0) is 263 Å². The third kappa shape index (κ3) is 85.1. The summed E-state index contributed by atoms with van der Waals surface area (Å²) in [5.74, 6) is 17.1. The summed E-state index contributed by atoms with van der Waals surface area (Å²) < 4.78 is 0. The first-order valence-electron chi connectivity index (χ1n) is 46.0. The van der Waals surface area contributed by atoms with Crippen LogP contribution in [0.4, 0.5) is 0 Å². The minimum absolute atomic E-state index is 0.106. The highest BCUT2D eigenvalue weighted by Gasteiger charge is 2.34. The first-order chi connectivity index (χ1) is 47.7. The van der Waals surface area contributed by atoms with Crippen molar-refractivity contribution in [2.75, 3.05) is 0 Å². The van der Waals surface area contributed by atoms with E-state index in [1.54, 1.807) is 0 Å². The Labute approximate surface area is 690 Å². The van der Waals surface area contributed by atoms with Crippen LogP contribution in [0.3, 0.4) is 0 Å². The van der Waals surface area contributed by atoms with Crippen molar-refractivity contribution in [2.45, 2.75) is 499 Å². The lowest BCUT2D eigenvalue weighted by Crippen LogP contribution is -2.40. The van der Waals surface area contributed by atoms with E-state index in [1.807, 2.05) is 41.5 Å². The molecule has 0 aromatic rings. The van der Waals surface area contributed by atoms with Crippen molar-refractivity contribution in [1.29, 1.82) is 0 Å². The van der Waals surface area contributed by atoms with Crippen LogP contribution in [0.2, 0.25) is 0 Å². The van der Waals surface area contributed by atoms with Gasteiger partial charge in [0.25, 0.3) is 0 Å². The normalized spacial score (nSPS) is 16.3. The average Bonchev–Trinajstić information content (AvgIpc) is 0.853. The maximum atomic E-state index is 10.1. The van der Waals surface area contributed by atoms with Crippen molar-refractivity contribution in [3.63, 3.8) is 0 Å². The quantitative estimate of drug-likeness (QED) is 0.0382. The summed E-state index contributed by atoms with van der Waals surface area (Å²) in [6.07, 6.45) is 12.1. The van der Waals surface area contributed by atoms with Gasteiger partial charge >= 0.3 is 0 Å². The number of hydrogen-bond acceptors (Lipinski definition) is 6. The summed E-state index contributed by atoms with van der Waals surface area (Å²) in [5, 5.41) is 58.7. The molecule has 0 amide bonds. The largest absolute Gasteiger partial charge is 0.393 e. The van der Waals surface area contributed by atoms with Crippen molar-refractivity contribution in [3.8, 4) is 0 Å². The molecule has 0 bridgehead atoms. The number of aliphatic hydroxyl groups is 6. The molecule has 0 aliphatic carbocycles. The molecule has 0 fully saturated rings. The van der Waals surface area contributed by atoms with Crippen molar-refractivity contribution >= 4 is 0 Å². The molecule has 0 rings (SSSR count). The fourth-order valence-electron chi connectivity index (χ4n) is 12.3. The topological polar surface area (TPSA) is 121 Å². The van der Waals surface area contributed by atoms with Crippen LogP contribution >= 0.6 is 0 Å². The summed E-state index contributed by atoms with van der Waals surface area (Å²) in [6, 6.07) is 0. The summed E-state index contributed by atoms with van der Waals surface area (Å²) in [7, 11) is 0. The molecule has 0 saturated carbocycles. The Balaban J connectivity index is -0.000000107. The van der Waals surface area contributed by atoms with Gasteiger partial charge in [-0.2, -0.15) is 0 Å². The van der Waals surface area contributed by atoms with Crippen molar-refractivity contribution in [1.82, 2.24) is 0 Å². The molecule has 0 aromatic carbocycles. The van der Waals surface area contributed by atoms with E-state index in [4.69, 9.17) is 0 Å². The van der Waals surface area contributed by atoms with Crippen molar-refractivity contribution in [3.05, 3.63) is 0 Å². The van der Waals surface area contributed by atoms with Crippen LogP contribution < -0.4 is 0 Å². The van der Waals surface area contributed by atoms with E-state index in [0.717, 1.165) is 115 Å². The SMILES string of the molecule is CC(C)C(C)C(C)(O)C(C)C.CC(C)CC(C)(C)C(C)C.CC(C)CC(C)(C)C(C)C.CC(C)CC(C)(O)C(C)C.CC(C)CC(C)(O)C(C)C.CC(C)CC(C)(O)C(C)C.CC(C)CC(C)C(C)C.CC(C)CC(C)C(C)C.CC(C)CC(C)C(C)C.CC(C)CC(O)C(C)C.CCC(O)(CC(C)C)C(C)C. The van der Waals surface area contributed by atoms with Gasteiger partial charge in [0, 0.05) is 0 Å². The molecule has 0 aliphatic heterocycles. The van der Waals surface area contributed by atoms with E-state index in [9.17, 15) is 30.6 Å². The Bertz CT molecular complexity index is 1620. The summed E-state index contributed by atoms with van der Waals surface area (Å²) in [4.78, 5) is 0. The van der Waals surface area contributed by atoms with Crippen molar-refractivity contribution in [2.24, 2.45) is 165 Å². The molecular formula is C102H226O6. The second-order valence-corrected chi connectivity index (χ2v) is 45.4. The summed E-state index contributed by atoms with van der Waals surface area (Å²) in [5.41, 5.74) is -1.35. The molecule has 0 radical (unpaired) electrons. The standard InChI is InChI=1S/2C10H22O.2C10H22.3C9H20O.3C9H20.C8H18O/c1-7(2)9(5)10(6,11)8(3)4;1-6-10(11,9(4)5)7-8(2)3;2*1-8(2)7-10(5,6)9(3)4;3*1-7(2)6-9(5,10)8(3)4;3*1-7(2)6-9(5)8(3)4;1-6(2)5-8(9)7(3)4/h7-9,11H,1-6H3;8-9,11H,6-7H2,1-5H3;2*8-9H,7H2,1-6H3;3*7-8,10H,6H2,1-5H3;3*7-9H,6H2,1-5H3;6-9H,5H2,1-4H3. The highest BCUT2D eigenvalue weighted by Crippen LogP contribution is 2.36. The predicted molar refractivity (Wildman–Crippen MR) is 501 cm³/mol. The monoisotopic (exact) mass is 1550 g/mol. The van der Waals surface area contributed by atoms with Gasteiger partial charge in [0.15, 0.2) is 0 Å². The van der Waals surface area contributed by atoms with Gasteiger partial charge in [0.1, 0.15) is 0 Å². The van der Waals surface area contributed by atoms with Crippen LogP contribution in [-0.2, 0) is 0 Å². The van der Waals surface area contributed by atoms with Gasteiger partial charge in [-0.3, -0.25) is 0 Å². The van der Waals surface area contributed by atoms with Crippen LogP contribution in [0.25, 0.3) is 0 Å². The minimum Gasteiger partial charge on any atom is -0.393 e. The molecule has 0 heterocycles. The van der Waals surface area contributed by atoms with E-state index in [2.05, 4.69) is 353 Å².